The van der Waals surface area contributed by atoms with Gasteiger partial charge in [-0.05, 0) is 26.7 Å². The molecule has 0 rings (SSSR count). The third-order valence-corrected chi connectivity index (χ3v) is 4.31. The van der Waals surface area contributed by atoms with Crippen molar-refractivity contribution in [3.63, 3.8) is 0 Å². The number of nitrogens with zero attached hydrogens (tertiary/aromatic N) is 1. The molecule has 0 saturated carbocycles. The van der Waals surface area contributed by atoms with E-state index in [1.54, 1.807) is 13.8 Å². The van der Waals surface area contributed by atoms with Gasteiger partial charge in [-0.25, -0.2) is 0 Å². The van der Waals surface area contributed by atoms with Crippen LogP contribution in [0, 0.1) is 0 Å². The van der Waals surface area contributed by atoms with Crippen LogP contribution >= 0.6 is 11.8 Å². The highest BCUT2D eigenvalue weighted by Crippen LogP contribution is 2.27. The molecule has 0 aliphatic carbocycles. The van der Waals surface area contributed by atoms with Gasteiger partial charge in [0.25, 0.3) is 0 Å². The lowest BCUT2D eigenvalue weighted by Crippen LogP contribution is -2.47. The average molecular weight is 290 g/mol. The van der Waals surface area contributed by atoms with Gasteiger partial charge in [-0.1, -0.05) is 13.8 Å². The van der Waals surface area contributed by atoms with Crippen molar-refractivity contribution in [3.05, 3.63) is 0 Å². The maximum atomic E-state index is 12.1. The molecule has 0 unspecified atom stereocenters. The van der Waals surface area contributed by atoms with Gasteiger partial charge in [0.1, 0.15) is 6.04 Å². The molecule has 0 aliphatic heterocycles. The van der Waals surface area contributed by atoms with Gasteiger partial charge in [-0.15, -0.1) is 11.8 Å². The Labute approximate surface area is 119 Å². The van der Waals surface area contributed by atoms with E-state index in [1.807, 2.05) is 18.7 Å². The number of hydrogen-bond donors (Lipinski definition) is 2. The normalized spacial score (nSPS) is 13.1. The second kappa shape index (κ2) is 8.43. The molecule has 19 heavy (non-hydrogen) atoms. The van der Waals surface area contributed by atoms with Crippen molar-refractivity contribution in [1.82, 2.24) is 4.90 Å². The van der Waals surface area contributed by atoms with Crippen molar-refractivity contribution in [2.24, 2.45) is 5.73 Å². The van der Waals surface area contributed by atoms with Gasteiger partial charge in [0.15, 0.2) is 0 Å². The van der Waals surface area contributed by atoms with E-state index in [9.17, 15) is 9.59 Å². The quantitative estimate of drug-likeness (QED) is 0.673. The lowest BCUT2D eigenvalue weighted by molar-refractivity contribution is -0.139. The summed E-state index contributed by atoms with van der Waals surface area (Å²) in [4.78, 5) is 24.8. The molecule has 6 heteroatoms. The Morgan fingerprint density at radius 1 is 1.26 bits per heavy atom. The zero-order valence-corrected chi connectivity index (χ0v) is 13.1. The molecule has 0 radical (unpaired) electrons. The highest BCUT2D eigenvalue weighted by Gasteiger charge is 2.33. The fourth-order valence-electron chi connectivity index (χ4n) is 1.63. The van der Waals surface area contributed by atoms with E-state index in [4.69, 9.17) is 10.8 Å². The van der Waals surface area contributed by atoms with Crippen molar-refractivity contribution in [2.75, 3.05) is 18.8 Å². The Morgan fingerprint density at radius 2 is 1.74 bits per heavy atom. The van der Waals surface area contributed by atoms with Crippen LogP contribution in [0.1, 0.15) is 40.5 Å². The average Bonchev–Trinajstić information content (AvgIpc) is 2.34. The molecule has 0 saturated heterocycles. The van der Waals surface area contributed by atoms with Gasteiger partial charge >= 0.3 is 5.97 Å². The predicted molar refractivity (Wildman–Crippen MR) is 79.3 cm³/mol. The molecule has 0 aliphatic rings. The highest BCUT2D eigenvalue weighted by molar-refractivity contribution is 8.01. The van der Waals surface area contributed by atoms with Crippen molar-refractivity contribution >= 4 is 23.6 Å². The zero-order valence-electron chi connectivity index (χ0n) is 12.3. The maximum Gasteiger partial charge on any atom is 0.321 e. The van der Waals surface area contributed by atoms with Crippen LogP contribution in [0.15, 0.2) is 0 Å². The minimum Gasteiger partial charge on any atom is -0.480 e. The molecule has 1 amide bonds. The number of carboxylic acids is 1. The van der Waals surface area contributed by atoms with E-state index < -0.39 is 16.8 Å². The Bertz CT molecular complexity index is 302. The molecule has 0 heterocycles. The summed E-state index contributed by atoms with van der Waals surface area (Å²) < 4.78 is -0.661. The van der Waals surface area contributed by atoms with Crippen LogP contribution in [0.25, 0.3) is 0 Å². The second-order valence-corrected chi connectivity index (χ2v) is 6.72. The molecule has 0 bridgehead atoms. The molecule has 0 fully saturated rings. The number of carbonyl (C=O) groups excluding carboxylic acids is 1. The molecular formula is C13H26N2O3S. The zero-order chi connectivity index (χ0) is 15.1. The second-order valence-electron chi connectivity index (χ2n) is 5.09. The summed E-state index contributed by atoms with van der Waals surface area (Å²) in [7, 11) is 0. The van der Waals surface area contributed by atoms with Gasteiger partial charge in [-0.3, -0.25) is 9.59 Å². The minimum atomic E-state index is -1.04. The van der Waals surface area contributed by atoms with Crippen molar-refractivity contribution in [3.8, 4) is 0 Å². The van der Waals surface area contributed by atoms with Crippen LogP contribution in [0.4, 0.5) is 0 Å². The Kier molecular flexibility index (Phi) is 8.09. The van der Waals surface area contributed by atoms with Crippen molar-refractivity contribution < 1.29 is 14.7 Å². The van der Waals surface area contributed by atoms with Gasteiger partial charge in [0.05, 0.1) is 5.75 Å². The van der Waals surface area contributed by atoms with Crippen LogP contribution in [0.2, 0.25) is 0 Å². The van der Waals surface area contributed by atoms with E-state index in [2.05, 4.69) is 0 Å². The third kappa shape index (κ3) is 6.29. The smallest absolute Gasteiger partial charge is 0.321 e. The Hall–Kier alpha value is -0.750. The molecule has 3 N–H and O–H groups in total. The summed E-state index contributed by atoms with van der Waals surface area (Å²) in [5.41, 5.74) is 5.63. The topological polar surface area (TPSA) is 83.6 Å². The lowest BCUT2D eigenvalue weighted by atomic mass is 10.1. The summed E-state index contributed by atoms with van der Waals surface area (Å²) in [6.07, 6.45) is 1.85. The van der Waals surface area contributed by atoms with E-state index in [1.165, 1.54) is 11.8 Å². The number of aliphatic carboxylic acids is 1. The van der Waals surface area contributed by atoms with Crippen molar-refractivity contribution in [2.45, 2.75) is 51.3 Å². The van der Waals surface area contributed by atoms with Gasteiger partial charge in [0.2, 0.25) is 5.91 Å². The van der Waals surface area contributed by atoms with Crippen LogP contribution in [0.5, 0.6) is 0 Å². The number of hydrogen-bond acceptors (Lipinski definition) is 4. The van der Waals surface area contributed by atoms with E-state index in [-0.39, 0.29) is 11.7 Å². The molecule has 0 spiro atoms. The fourth-order valence-corrected chi connectivity index (χ4v) is 2.59. The van der Waals surface area contributed by atoms with E-state index >= 15 is 0 Å². The number of carbonyl (C=O) groups is 2. The van der Waals surface area contributed by atoms with Gasteiger partial charge in [-0.2, -0.15) is 0 Å². The molecule has 5 nitrogen and oxygen atoms in total. The SMILES string of the molecule is CCCN(CCC)C(=O)CSC(C)(C)[C@@H](N)C(=O)O. The number of amides is 1. The van der Waals surface area contributed by atoms with Crippen LogP contribution in [-0.2, 0) is 9.59 Å². The van der Waals surface area contributed by atoms with Crippen LogP contribution < -0.4 is 5.73 Å². The number of thioether (sulfide) groups is 1. The highest BCUT2D eigenvalue weighted by atomic mass is 32.2. The first-order chi connectivity index (χ1) is 8.76. The predicted octanol–water partition coefficient (Wildman–Crippen LogP) is 1.56. The van der Waals surface area contributed by atoms with E-state index in [0.29, 0.717) is 0 Å². The summed E-state index contributed by atoms with van der Waals surface area (Å²) in [6, 6.07) is -0.976. The summed E-state index contributed by atoms with van der Waals surface area (Å²) in [5, 5.41) is 8.93. The molecule has 0 aromatic rings. The third-order valence-electron chi connectivity index (χ3n) is 2.92. The molecule has 0 aromatic carbocycles. The Balaban J connectivity index is 4.44. The number of carboxylic acid groups (broad SMARTS) is 1. The molecule has 112 valence electrons. The first kappa shape index (κ1) is 18.2. The number of rotatable bonds is 9. The lowest BCUT2D eigenvalue weighted by Gasteiger charge is -2.29. The fraction of sp³-hybridized carbons (Fsp3) is 0.846. The van der Waals surface area contributed by atoms with Crippen molar-refractivity contribution in [1.29, 1.82) is 0 Å². The minimum absolute atomic E-state index is 0.0550. The molecule has 1 atom stereocenters. The summed E-state index contributed by atoms with van der Waals surface area (Å²) in [6.45, 7) is 9.08. The van der Waals surface area contributed by atoms with E-state index in [0.717, 1.165) is 25.9 Å². The Morgan fingerprint density at radius 3 is 2.11 bits per heavy atom. The summed E-state index contributed by atoms with van der Waals surface area (Å²) >= 11 is 1.31. The largest absolute Gasteiger partial charge is 0.480 e. The maximum absolute atomic E-state index is 12.1. The van der Waals surface area contributed by atoms with Crippen LogP contribution in [-0.4, -0.2) is 51.5 Å². The first-order valence-electron chi connectivity index (χ1n) is 6.66. The van der Waals surface area contributed by atoms with Gasteiger partial charge in [0, 0.05) is 17.8 Å². The summed E-state index contributed by atoms with van der Waals surface area (Å²) in [5.74, 6) is -0.711. The van der Waals surface area contributed by atoms with Gasteiger partial charge < -0.3 is 15.7 Å². The first-order valence-corrected chi connectivity index (χ1v) is 7.64. The molecule has 0 aromatic heterocycles. The monoisotopic (exact) mass is 290 g/mol. The standard InChI is InChI=1S/C13H26N2O3S/c1-5-7-15(8-6-2)10(16)9-19-13(3,4)11(14)12(17)18/h11H,5-9,14H2,1-4H3,(H,17,18)/t11-/m0/s1. The molecular weight excluding hydrogens is 264 g/mol. The van der Waals surface area contributed by atoms with Crippen LogP contribution in [0.3, 0.4) is 0 Å². The number of nitrogens with two attached hydrogens (primary N) is 1.